The second kappa shape index (κ2) is 24.6. The van der Waals surface area contributed by atoms with Crippen molar-refractivity contribution in [1.82, 2.24) is 19.1 Å². The van der Waals surface area contributed by atoms with Gasteiger partial charge in [-0.3, -0.25) is 42.6 Å². The lowest BCUT2D eigenvalue weighted by Gasteiger charge is -2.36. The minimum absolute atomic E-state index is 0.00440. The number of cyclic esters (lactones) is 2. The first-order valence-electron chi connectivity index (χ1n) is 27.8. The Balaban J connectivity index is 0.731. The van der Waals surface area contributed by atoms with Crippen LogP contribution in [0.1, 0.15) is 118 Å². The molecule has 10 rings (SSSR count). The van der Waals surface area contributed by atoms with E-state index in [2.05, 4.69) is 4.52 Å². The predicted molar refractivity (Wildman–Crippen MR) is 297 cm³/mol. The van der Waals surface area contributed by atoms with Crippen molar-refractivity contribution in [2.24, 2.45) is 5.73 Å². The van der Waals surface area contributed by atoms with Crippen molar-refractivity contribution < 1.29 is 85.6 Å². The van der Waals surface area contributed by atoms with Crippen molar-refractivity contribution in [2.45, 2.75) is 134 Å². The Morgan fingerprint density at radius 1 is 0.659 bits per heavy atom. The third-order valence-corrected chi connectivity index (χ3v) is 16.3. The number of aliphatic carboxylic acids is 1. The maximum absolute atomic E-state index is 14.0. The minimum Gasteiger partial charge on any atom is -0.480 e. The summed E-state index contributed by atoms with van der Waals surface area (Å²) in [6, 6.07) is 20.6. The number of hydrogen-bond donors (Lipinski definition) is 3. The fraction of sp³-hybridized carbons (Fsp3) is 0.407. The van der Waals surface area contributed by atoms with Crippen LogP contribution in [0.2, 0.25) is 0 Å². The topological polar surface area (TPSA) is 347 Å². The van der Waals surface area contributed by atoms with Crippen molar-refractivity contribution in [3.05, 3.63) is 127 Å². The quantitative estimate of drug-likeness (QED) is 0.0264. The molecule has 85 heavy (non-hydrogen) atoms. The van der Waals surface area contributed by atoms with Crippen LogP contribution in [0.5, 0.6) is 0 Å². The number of carbonyl (C=O) groups is 7. The molecule has 8 heterocycles. The number of nitrogens with two attached hydrogens (primary N) is 1. The third-order valence-electron chi connectivity index (χ3n) is 15.4. The Labute approximate surface area is 483 Å². The molecule has 26 heteroatoms. The van der Waals surface area contributed by atoms with Crippen molar-refractivity contribution >= 4 is 71.4 Å². The molecule has 0 saturated carbocycles. The summed E-state index contributed by atoms with van der Waals surface area (Å²) in [7, 11) is -5.02. The van der Waals surface area contributed by atoms with E-state index < -0.39 is 104 Å². The van der Waals surface area contributed by atoms with E-state index in [0.717, 1.165) is 21.9 Å². The summed E-state index contributed by atoms with van der Waals surface area (Å²) in [4.78, 5) is 140. The highest BCUT2D eigenvalue weighted by atomic mass is 31.2. The van der Waals surface area contributed by atoms with E-state index in [4.69, 9.17) is 53.8 Å². The first-order valence-corrected chi connectivity index (χ1v) is 29.3. The second-order valence-electron chi connectivity index (χ2n) is 21.1. The molecule has 446 valence electrons. The maximum Gasteiger partial charge on any atom is 0.472 e. The van der Waals surface area contributed by atoms with Crippen LogP contribution in [0.4, 0.5) is 0 Å². The van der Waals surface area contributed by atoms with Crippen LogP contribution >= 0.6 is 7.82 Å². The highest BCUT2D eigenvalue weighted by Gasteiger charge is 2.52. The number of fused-ring (bicyclic) bond motifs is 10. The van der Waals surface area contributed by atoms with Gasteiger partial charge in [-0.15, -0.1) is 0 Å². The van der Waals surface area contributed by atoms with E-state index in [1.54, 1.807) is 35.1 Å². The van der Waals surface area contributed by atoms with Crippen LogP contribution in [0, 0.1) is 0 Å². The van der Waals surface area contributed by atoms with E-state index in [9.17, 15) is 52.6 Å². The first-order chi connectivity index (χ1) is 40.7. The van der Waals surface area contributed by atoms with Gasteiger partial charge in [0.1, 0.15) is 25.9 Å². The zero-order valence-electron chi connectivity index (χ0n) is 46.4. The van der Waals surface area contributed by atoms with Gasteiger partial charge in [0.2, 0.25) is 11.2 Å². The van der Waals surface area contributed by atoms with Crippen molar-refractivity contribution in [2.75, 3.05) is 19.8 Å². The number of aromatic nitrogens is 4. The number of pyridine rings is 4. The number of carboxylic acids is 1. The summed E-state index contributed by atoms with van der Waals surface area (Å²) < 4.78 is 59.0. The molecule has 3 unspecified atom stereocenters. The normalized spacial score (nSPS) is 18.5. The molecule has 6 aromatic rings. The molecule has 0 amide bonds. The van der Waals surface area contributed by atoms with Gasteiger partial charge in [-0.1, -0.05) is 56.7 Å². The second-order valence-corrected chi connectivity index (χ2v) is 22.5. The molecule has 4 aromatic heterocycles. The van der Waals surface area contributed by atoms with Crippen LogP contribution < -0.4 is 16.9 Å². The number of phosphoric acid groups is 1. The maximum atomic E-state index is 14.0. The number of carbonyl (C=O) groups excluding carboxylic acids is 6. The lowest BCUT2D eigenvalue weighted by atomic mass is 9.84. The number of carboxylic acid groups (broad SMARTS) is 1. The van der Waals surface area contributed by atoms with E-state index in [-0.39, 0.29) is 113 Å². The van der Waals surface area contributed by atoms with E-state index in [0.29, 0.717) is 40.2 Å². The van der Waals surface area contributed by atoms with Crippen LogP contribution in [0.25, 0.3) is 44.6 Å². The number of ether oxygens (including phenoxy) is 6. The molecule has 0 fully saturated rings. The molecule has 0 aliphatic carbocycles. The zero-order chi connectivity index (χ0) is 60.4. The number of para-hydroxylation sites is 2. The van der Waals surface area contributed by atoms with Gasteiger partial charge in [0.15, 0.2) is 6.10 Å². The molecule has 0 bridgehead atoms. The molecule has 4 aliphatic rings. The number of phosphoric ester groups is 1. The SMILES string of the molecule is CCC[C@@]1(OC(=O)CCCCC(=O)OCC(COP(=O)(O)OCC(N)C(=O)O)OC(=O)CCCCC(=O)O[C@@]2(CC)C(=O)OCc3c2cc2n(c3=O)Cc3cc4ccccc4nc3-2)C(=O)OCc2c1cc1n(c2=O)Cc2cc3ccccc3nc2-1. The monoisotopic (exact) mass is 1190 g/mol. The van der Waals surface area contributed by atoms with Gasteiger partial charge in [0.05, 0.1) is 71.2 Å². The third kappa shape index (κ3) is 12.1. The molecule has 5 atom stereocenters. The minimum atomic E-state index is -5.02. The number of unbranched alkanes of at least 4 members (excludes halogenated alkanes) is 2. The molecular weight excluding hydrogens is 1130 g/mol. The Bertz CT molecular complexity index is 3900. The van der Waals surface area contributed by atoms with Gasteiger partial charge < -0.3 is 53.3 Å². The van der Waals surface area contributed by atoms with Crippen molar-refractivity contribution in [3.63, 3.8) is 0 Å². The van der Waals surface area contributed by atoms with E-state index >= 15 is 0 Å². The number of hydrogen-bond acceptors (Lipinski definition) is 21. The lowest BCUT2D eigenvalue weighted by Crippen LogP contribution is -2.47. The molecule has 25 nitrogen and oxygen atoms in total. The zero-order valence-corrected chi connectivity index (χ0v) is 47.3. The largest absolute Gasteiger partial charge is 0.480 e. The first kappa shape index (κ1) is 59.7. The van der Waals surface area contributed by atoms with Crippen LogP contribution in [-0.2, 0) is 113 Å². The molecular formula is C59H60N5O20P. The summed E-state index contributed by atoms with van der Waals surface area (Å²) in [6.07, 6.45) is -2.25. The Kier molecular flexibility index (Phi) is 17.3. The smallest absolute Gasteiger partial charge is 0.472 e. The molecule has 0 saturated heterocycles. The fourth-order valence-corrected chi connectivity index (χ4v) is 11.8. The standard InChI is InChI=1S/C59H60N5O20P/c1-3-21-59(41-25-46-52-36(23-34-14-6-8-16-44(34)62-52)27-64(46)54(70)39(41)31-79-57(59)74)84-50(68)20-11-9-17-47(65)77-28-37(29-80-85(75,76)81-32-42(60)55(71)72)82-48(66)18-10-12-19-49(67)83-58(4-2)40-24-45-51-35(22-33-13-5-7-15-43(33)61-51)26-63(45)53(69)38(40)30-78-56(58)73/h5-8,13-16,22-25,37,42H,3-4,9-12,17-21,26-32,60H2,1-2H3,(H,71,72)(H,75,76)/t37?,42?,58-,59+/m1/s1. The summed E-state index contributed by atoms with van der Waals surface area (Å²) in [5, 5.41) is 10.8. The fourth-order valence-electron chi connectivity index (χ4n) is 11.0. The van der Waals surface area contributed by atoms with Gasteiger partial charge >= 0.3 is 49.6 Å². The van der Waals surface area contributed by atoms with Gasteiger partial charge in [-0.25, -0.2) is 24.1 Å². The van der Waals surface area contributed by atoms with Crippen LogP contribution in [-0.4, -0.2) is 103 Å². The Morgan fingerprint density at radius 3 is 1.65 bits per heavy atom. The number of nitrogens with zero attached hydrogens (tertiary/aromatic N) is 4. The van der Waals surface area contributed by atoms with Crippen LogP contribution in [0.15, 0.2) is 82.4 Å². The van der Waals surface area contributed by atoms with Crippen molar-refractivity contribution in [3.8, 4) is 22.8 Å². The molecule has 4 N–H and O–H groups in total. The van der Waals surface area contributed by atoms with Crippen molar-refractivity contribution in [1.29, 1.82) is 0 Å². The summed E-state index contributed by atoms with van der Waals surface area (Å²) in [6.45, 7) is 0.713. The predicted octanol–water partition coefficient (Wildman–Crippen LogP) is 5.79. The summed E-state index contributed by atoms with van der Waals surface area (Å²) in [5.74, 6) is -6.62. The molecule has 0 radical (unpaired) electrons. The average Bonchev–Trinajstić information content (AvgIpc) is 1.77. The summed E-state index contributed by atoms with van der Waals surface area (Å²) in [5.41, 5.74) is 6.50. The van der Waals surface area contributed by atoms with Gasteiger partial charge in [-0.2, -0.15) is 0 Å². The summed E-state index contributed by atoms with van der Waals surface area (Å²) >= 11 is 0. The number of benzene rings is 2. The highest BCUT2D eigenvalue weighted by molar-refractivity contribution is 7.47. The lowest BCUT2D eigenvalue weighted by molar-refractivity contribution is -0.190. The Morgan fingerprint density at radius 2 is 1.13 bits per heavy atom. The van der Waals surface area contributed by atoms with Gasteiger partial charge in [0, 0.05) is 65.1 Å². The van der Waals surface area contributed by atoms with E-state index in [1.807, 2.05) is 60.7 Å². The molecule has 4 aliphatic heterocycles. The number of rotatable bonds is 25. The van der Waals surface area contributed by atoms with E-state index in [1.165, 1.54) is 0 Å². The van der Waals surface area contributed by atoms with Gasteiger partial charge in [0.25, 0.3) is 11.1 Å². The van der Waals surface area contributed by atoms with Gasteiger partial charge in [-0.05, 0) is 68.5 Å². The number of esters is 6. The Hall–Kier alpha value is -8.48. The molecule has 2 aromatic carbocycles. The molecule has 0 spiro atoms. The van der Waals surface area contributed by atoms with Crippen LogP contribution in [0.3, 0.4) is 0 Å². The average molecular weight is 1190 g/mol. The highest BCUT2D eigenvalue weighted by Crippen LogP contribution is 2.45.